The average Bonchev–Trinajstić information content (AvgIpc) is 3.14. The third-order valence-corrected chi connectivity index (χ3v) is 4.49. The van der Waals surface area contributed by atoms with Crippen LogP contribution >= 0.6 is 11.6 Å². The van der Waals surface area contributed by atoms with Gasteiger partial charge in [0.25, 0.3) is 0 Å². The largest absolute Gasteiger partial charge is 0.435 e. The number of carbonyl (C=O) groups is 1. The van der Waals surface area contributed by atoms with Crippen LogP contribution in [-0.4, -0.2) is 15.9 Å². The number of hydrogen-bond acceptors (Lipinski definition) is 5. The Morgan fingerprint density at radius 2 is 1.93 bits per heavy atom. The van der Waals surface area contributed by atoms with Crippen LogP contribution in [-0.2, 0) is 11.2 Å². The van der Waals surface area contributed by atoms with E-state index in [0.29, 0.717) is 46.3 Å². The minimum atomic E-state index is -0.280. The van der Waals surface area contributed by atoms with E-state index in [1.54, 1.807) is 24.4 Å². The van der Waals surface area contributed by atoms with Crippen molar-refractivity contribution >= 4 is 28.7 Å². The number of hydrogen-bond donors (Lipinski definition) is 0. The predicted molar refractivity (Wildman–Crippen MR) is 107 cm³/mol. The van der Waals surface area contributed by atoms with Crippen LogP contribution in [0.2, 0.25) is 5.02 Å². The first-order valence-corrected chi connectivity index (χ1v) is 9.32. The highest BCUT2D eigenvalue weighted by Crippen LogP contribution is 2.26. The minimum absolute atomic E-state index is 0.280. The number of pyridine rings is 1. The van der Waals surface area contributed by atoms with Gasteiger partial charge in [0, 0.05) is 23.7 Å². The lowest BCUT2D eigenvalue weighted by atomic mass is 10.1. The van der Waals surface area contributed by atoms with E-state index in [2.05, 4.69) is 9.97 Å². The van der Waals surface area contributed by atoms with Gasteiger partial charge in [-0.1, -0.05) is 29.8 Å². The van der Waals surface area contributed by atoms with Gasteiger partial charge in [0.1, 0.15) is 17.0 Å². The second-order valence-electron chi connectivity index (χ2n) is 6.32. The van der Waals surface area contributed by atoms with Crippen LogP contribution in [0, 0.1) is 0 Å². The van der Waals surface area contributed by atoms with Crippen LogP contribution < -0.4 is 4.74 Å². The molecular weight excluding hydrogens is 376 g/mol. The Morgan fingerprint density at radius 3 is 2.71 bits per heavy atom. The molecule has 2 aromatic carbocycles. The molecule has 0 amide bonds. The molecule has 0 fully saturated rings. The van der Waals surface area contributed by atoms with Crippen LogP contribution in [0.1, 0.15) is 18.4 Å². The Bertz CT molecular complexity index is 1090. The molecule has 0 saturated carbocycles. The molecule has 0 aliphatic heterocycles. The van der Waals surface area contributed by atoms with Crippen molar-refractivity contribution in [3.8, 4) is 17.3 Å². The van der Waals surface area contributed by atoms with Crippen molar-refractivity contribution in [3.63, 3.8) is 0 Å². The molecule has 0 N–H and O–H groups in total. The number of aromatic nitrogens is 2. The molecule has 28 heavy (non-hydrogen) atoms. The number of oxazole rings is 1. The third-order valence-electron chi connectivity index (χ3n) is 4.24. The summed E-state index contributed by atoms with van der Waals surface area (Å²) in [5, 5.41) is 0.706. The Hall–Kier alpha value is -3.18. The predicted octanol–water partition coefficient (Wildman–Crippen LogP) is 5.47. The number of fused-ring (bicyclic) bond motifs is 1. The van der Waals surface area contributed by atoms with Gasteiger partial charge in [-0.15, -0.1) is 0 Å². The van der Waals surface area contributed by atoms with Crippen molar-refractivity contribution in [3.05, 3.63) is 77.4 Å². The fourth-order valence-corrected chi connectivity index (χ4v) is 2.96. The summed E-state index contributed by atoms with van der Waals surface area (Å²) in [6.45, 7) is 0. The fourth-order valence-electron chi connectivity index (χ4n) is 2.84. The van der Waals surface area contributed by atoms with Crippen molar-refractivity contribution in [2.24, 2.45) is 0 Å². The van der Waals surface area contributed by atoms with Crippen LogP contribution in [0.4, 0.5) is 0 Å². The number of aryl methyl sites for hydroxylation is 1. The van der Waals surface area contributed by atoms with Gasteiger partial charge in [0.2, 0.25) is 5.89 Å². The summed E-state index contributed by atoms with van der Waals surface area (Å²) in [5.74, 6) is 0.590. The van der Waals surface area contributed by atoms with E-state index < -0.39 is 0 Å². The lowest BCUT2D eigenvalue weighted by molar-refractivity contribution is -0.134. The van der Waals surface area contributed by atoms with Gasteiger partial charge < -0.3 is 9.15 Å². The van der Waals surface area contributed by atoms with Gasteiger partial charge in [0.05, 0.1) is 0 Å². The first kappa shape index (κ1) is 18.2. The monoisotopic (exact) mass is 392 g/mol. The van der Waals surface area contributed by atoms with E-state index in [1.165, 1.54) is 0 Å². The summed E-state index contributed by atoms with van der Waals surface area (Å²) in [6.07, 6.45) is 3.51. The van der Waals surface area contributed by atoms with E-state index in [9.17, 15) is 4.79 Å². The van der Waals surface area contributed by atoms with Crippen molar-refractivity contribution in [2.45, 2.75) is 19.3 Å². The maximum atomic E-state index is 12.1. The standard InChI is InChI=1S/C22H17ClN2O3/c23-16-9-7-15(8-10-16)4-3-6-21(26)27-17-11-12-18-20(14-17)28-22(25-18)19-5-1-2-13-24-19/h1-2,5,7-14H,3-4,6H2. The number of halogens is 1. The second kappa shape index (κ2) is 8.23. The van der Waals surface area contributed by atoms with Gasteiger partial charge in [-0.3, -0.25) is 9.78 Å². The summed E-state index contributed by atoms with van der Waals surface area (Å²) in [6, 6.07) is 18.3. The van der Waals surface area contributed by atoms with E-state index in [-0.39, 0.29) is 5.97 Å². The smallest absolute Gasteiger partial charge is 0.311 e. The Kier molecular flexibility index (Phi) is 5.35. The van der Waals surface area contributed by atoms with Crippen molar-refractivity contribution in [1.82, 2.24) is 9.97 Å². The van der Waals surface area contributed by atoms with Crippen LogP contribution in [0.3, 0.4) is 0 Å². The Labute approximate surface area is 166 Å². The summed E-state index contributed by atoms with van der Waals surface area (Å²) in [7, 11) is 0. The zero-order valence-corrected chi connectivity index (χ0v) is 15.7. The quantitative estimate of drug-likeness (QED) is 0.321. The van der Waals surface area contributed by atoms with Crippen molar-refractivity contribution in [1.29, 1.82) is 0 Å². The van der Waals surface area contributed by atoms with Gasteiger partial charge >= 0.3 is 5.97 Å². The van der Waals surface area contributed by atoms with Gasteiger partial charge in [0.15, 0.2) is 5.58 Å². The van der Waals surface area contributed by atoms with Gasteiger partial charge in [-0.05, 0) is 54.8 Å². The number of benzene rings is 2. The molecule has 0 atom stereocenters. The lowest BCUT2D eigenvalue weighted by Crippen LogP contribution is -2.08. The molecule has 140 valence electrons. The topological polar surface area (TPSA) is 65.2 Å². The summed E-state index contributed by atoms with van der Waals surface area (Å²) < 4.78 is 11.2. The molecule has 0 saturated heterocycles. The van der Waals surface area contributed by atoms with Crippen LogP contribution in [0.5, 0.6) is 5.75 Å². The summed E-state index contributed by atoms with van der Waals surface area (Å²) in [4.78, 5) is 20.8. The molecule has 0 bridgehead atoms. The molecule has 0 aliphatic carbocycles. The number of ether oxygens (including phenoxy) is 1. The molecule has 4 rings (SSSR count). The number of nitrogens with zero attached hydrogens (tertiary/aromatic N) is 2. The number of esters is 1. The molecule has 2 heterocycles. The molecule has 0 unspecified atom stereocenters. The molecule has 6 heteroatoms. The zero-order valence-electron chi connectivity index (χ0n) is 15.0. The molecule has 2 aromatic heterocycles. The van der Waals surface area contributed by atoms with Gasteiger partial charge in [-0.25, -0.2) is 4.98 Å². The maximum Gasteiger partial charge on any atom is 0.311 e. The fraction of sp³-hybridized carbons (Fsp3) is 0.136. The van der Waals surface area contributed by atoms with Crippen molar-refractivity contribution in [2.75, 3.05) is 0 Å². The molecule has 0 aliphatic rings. The first-order valence-electron chi connectivity index (χ1n) is 8.94. The minimum Gasteiger partial charge on any atom is -0.435 e. The van der Waals surface area contributed by atoms with E-state index in [0.717, 1.165) is 12.0 Å². The normalized spacial score (nSPS) is 10.9. The molecule has 0 spiro atoms. The SMILES string of the molecule is O=C(CCCc1ccc(Cl)cc1)Oc1ccc2nc(-c3ccccn3)oc2c1. The highest BCUT2D eigenvalue weighted by atomic mass is 35.5. The average molecular weight is 393 g/mol. The molecule has 4 aromatic rings. The van der Waals surface area contributed by atoms with Gasteiger partial charge in [-0.2, -0.15) is 0 Å². The zero-order chi connectivity index (χ0) is 19.3. The maximum absolute atomic E-state index is 12.1. The van der Waals surface area contributed by atoms with Crippen LogP contribution in [0.25, 0.3) is 22.7 Å². The Balaban J connectivity index is 1.37. The van der Waals surface area contributed by atoms with Crippen molar-refractivity contribution < 1.29 is 13.9 Å². The highest BCUT2D eigenvalue weighted by molar-refractivity contribution is 6.30. The summed E-state index contributed by atoms with van der Waals surface area (Å²) >= 11 is 5.87. The van der Waals surface area contributed by atoms with Crippen LogP contribution in [0.15, 0.2) is 71.3 Å². The summed E-state index contributed by atoms with van der Waals surface area (Å²) in [5.41, 5.74) is 3.03. The van der Waals surface area contributed by atoms with E-state index >= 15 is 0 Å². The highest BCUT2D eigenvalue weighted by Gasteiger charge is 2.11. The lowest BCUT2D eigenvalue weighted by Gasteiger charge is -2.04. The molecular formula is C22H17ClN2O3. The van der Waals surface area contributed by atoms with E-state index in [4.69, 9.17) is 20.8 Å². The van der Waals surface area contributed by atoms with E-state index in [1.807, 2.05) is 42.5 Å². The third kappa shape index (κ3) is 4.38. The Morgan fingerprint density at radius 1 is 1.07 bits per heavy atom. The number of carbonyl (C=O) groups excluding carboxylic acids is 1. The number of rotatable bonds is 6. The second-order valence-corrected chi connectivity index (χ2v) is 6.75. The molecule has 5 nitrogen and oxygen atoms in total. The first-order chi connectivity index (χ1) is 13.7. The molecule has 0 radical (unpaired) electrons.